The molecule has 1 aromatic heterocycles. The van der Waals surface area contributed by atoms with Crippen LogP contribution in [-0.2, 0) is 13.7 Å². The van der Waals surface area contributed by atoms with Crippen LogP contribution in [0.3, 0.4) is 0 Å². The van der Waals surface area contributed by atoms with Crippen molar-refractivity contribution in [2.24, 2.45) is 13.0 Å². The molecule has 1 heterocycles. The number of hydrogen-bond donors (Lipinski definition) is 1. The largest absolute Gasteiger partial charge is 0.486 e. The molecule has 0 radical (unpaired) electrons. The van der Waals surface area contributed by atoms with E-state index in [1.807, 2.05) is 29.8 Å². The smallest absolute Gasteiger partial charge is 0.170 e. The first-order valence-corrected chi connectivity index (χ1v) is 8.42. The number of hydrogen-bond acceptors (Lipinski definition) is 4. The lowest BCUT2D eigenvalue weighted by atomic mass is 9.82. The summed E-state index contributed by atoms with van der Waals surface area (Å²) >= 11 is 5.96. The zero-order valence-electron chi connectivity index (χ0n) is 13.3. The molecule has 1 aliphatic rings. The summed E-state index contributed by atoms with van der Waals surface area (Å²) in [5.41, 5.74) is 0. The summed E-state index contributed by atoms with van der Waals surface area (Å²) in [6.45, 7) is 0.667. The van der Waals surface area contributed by atoms with Crippen molar-refractivity contribution in [3.8, 4) is 5.75 Å². The van der Waals surface area contributed by atoms with E-state index in [2.05, 4.69) is 10.2 Å². The van der Waals surface area contributed by atoms with E-state index in [-0.39, 0.29) is 0 Å². The van der Waals surface area contributed by atoms with E-state index < -0.39 is 0 Å². The second kappa shape index (κ2) is 7.32. The molecule has 0 bridgehead atoms. The molecule has 0 aliphatic heterocycles. The van der Waals surface area contributed by atoms with Gasteiger partial charge in [-0.2, -0.15) is 0 Å². The summed E-state index contributed by atoms with van der Waals surface area (Å²) in [4.78, 5) is 0. The summed E-state index contributed by atoms with van der Waals surface area (Å²) in [7, 11) is 1.99. The maximum absolute atomic E-state index is 9.25. The Morgan fingerprint density at radius 3 is 2.74 bits per heavy atom. The van der Waals surface area contributed by atoms with Gasteiger partial charge in [-0.15, -0.1) is 10.2 Å². The highest BCUT2D eigenvalue weighted by atomic mass is 35.5. The van der Waals surface area contributed by atoms with Crippen molar-refractivity contribution >= 4 is 11.6 Å². The third kappa shape index (κ3) is 3.85. The van der Waals surface area contributed by atoms with Crippen LogP contribution in [0.4, 0.5) is 0 Å². The molecule has 1 fully saturated rings. The van der Waals surface area contributed by atoms with Gasteiger partial charge in [0, 0.05) is 24.6 Å². The average molecular weight is 336 g/mol. The van der Waals surface area contributed by atoms with E-state index in [0.29, 0.717) is 30.1 Å². The molecule has 124 valence electrons. The Kier molecular flexibility index (Phi) is 5.18. The fourth-order valence-corrected chi connectivity index (χ4v) is 3.34. The van der Waals surface area contributed by atoms with Crippen molar-refractivity contribution in [3.05, 3.63) is 40.9 Å². The second-order valence-electron chi connectivity index (χ2n) is 6.18. The van der Waals surface area contributed by atoms with Crippen LogP contribution in [0.1, 0.15) is 43.3 Å². The second-order valence-corrected chi connectivity index (χ2v) is 6.62. The summed E-state index contributed by atoms with van der Waals surface area (Å²) in [5, 5.41) is 18.5. The quantitative estimate of drug-likeness (QED) is 0.910. The minimum Gasteiger partial charge on any atom is -0.486 e. The summed E-state index contributed by atoms with van der Waals surface area (Å²) in [6.07, 6.45) is 4.24. The van der Waals surface area contributed by atoms with Crippen molar-refractivity contribution in [2.45, 2.75) is 38.2 Å². The summed E-state index contributed by atoms with van der Waals surface area (Å²) in [5.74, 6) is 3.43. The molecule has 1 aliphatic carbocycles. The first kappa shape index (κ1) is 16.3. The zero-order chi connectivity index (χ0) is 16.2. The molecule has 1 saturated carbocycles. The van der Waals surface area contributed by atoms with Crippen LogP contribution in [0.2, 0.25) is 5.02 Å². The lowest BCUT2D eigenvalue weighted by Crippen LogP contribution is -2.18. The molecule has 6 heteroatoms. The molecule has 0 saturated heterocycles. The summed E-state index contributed by atoms with van der Waals surface area (Å²) < 4.78 is 7.78. The molecule has 23 heavy (non-hydrogen) atoms. The number of benzene rings is 1. The standard InChI is InChI=1S/C17H22ClN3O2/c1-21-16(11-23-15-4-2-3-14(18)9-15)19-20-17(21)13-7-5-12(10-22)6-8-13/h2-4,9,12-13,22H,5-8,10-11H2,1H3. The van der Waals surface area contributed by atoms with Crippen LogP contribution < -0.4 is 4.74 Å². The zero-order valence-corrected chi connectivity index (χ0v) is 14.0. The van der Waals surface area contributed by atoms with Gasteiger partial charge < -0.3 is 14.4 Å². The van der Waals surface area contributed by atoms with Crippen LogP contribution in [0.5, 0.6) is 5.75 Å². The normalized spacial score (nSPS) is 21.3. The number of aliphatic hydroxyl groups is 1. The molecule has 0 spiro atoms. The molecule has 3 rings (SSSR count). The Morgan fingerprint density at radius 1 is 1.26 bits per heavy atom. The van der Waals surface area contributed by atoms with Gasteiger partial charge in [0.25, 0.3) is 0 Å². The number of rotatable bonds is 5. The highest BCUT2D eigenvalue weighted by Gasteiger charge is 2.26. The van der Waals surface area contributed by atoms with Crippen LogP contribution in [0.25, 0.3) is 0 Å². The van der Waals surface area contributed by atoms with E-state index in [4.69, 9.17) is 16.3 Å². The van der Waals surface area contributed by atoms with Gasteiger partial charge in [-0.1, -0.05) is 17.7 Å². The molecule has 1 aromatic carbocycles. The fraction of sp³-hybridized carbons (Fsp3) is 0.529. The topological polar surface area (TPSA) is 60.2 Å². The lowest BCUT2D eigenvalue weighted by Gasteiger charge is -2.26. The van der Waals surface area contributed by atoms with Gasteiger partial charge >= 0.3 is 0 Å². The first-order chi connectivity index (χ1) is 11.2. The molecular formula is C17H22ClN3O2. The molecule has 0 unspecified atom stereocenters. The van der Waals surface area contributed by atoms with Crippen molar-refractivity contribution in [1.29, 1.82) is 0 Å². The molecule has 2 aromatic rings. The van der Waals surface area contributed by atoms with Gasteiger partial charge in [-0.25, -0.2) is 0 Å². The number of halogens is 1. The fourth-order valence-electron chi connectivity index (χ4n) is 3.16. The predicted molar refractivity (Wildman–Crippen MR) is 88.6 cm³/mol. The monoisotopic (exact) mass is 335 g/mol. The maximum atomic E-state index is 9.25. The first-order valence-electron chi connectivity index (χ1n) is 8.04. The van der Waals surface area contributed by atoms with E-state index >= 15 is 0 Å². The maximum Gasteiger partial charge on any atom is 0.170 e. The van der Waals surface area contributed by atoms with Gasteiger partial charge in [-0.3, -0.25) is 0 Å². The Balaban J connectivity index is 1.63. The van der Waals surface area contributed by atoms with Crippen LogP contribution in [0.15, 0.2) is 24.3 Å². The van der Waals surface area contributed by atoms with Gasteiger partial charge in [-0.05, 0) is 49.8 Å². The third-order valence-corrected chi connectivity index (χ3v) is 4.87. The number of ether oxygens (including phenoxy) is 1. The Labute approximate surface area is 141 Å². The number of aliphatic hydroxyl groups excluding tert-OH is 1. The van der Waals surface area contributed by atoms with Gasteiger partial charge in [0.15, 0.2) is 5.82 Å². The van der Waals surface area contributed by atoms with Crippen LogP contribution >= 0.6 is 11.6 Å². The van der Waals surface area contributed by atoms with E-state index in [9.17, 15) is 5.11 Å². The van der Waals surface area contributed by atoms with Crippen molar-refractivity contribution in [2.75, 3.05) is 6.61 Å². The predicted octanol–water partition coefficient (Wildman–Crippen LogP) is 3.31. The lowest BCUT2D eigenvalue weighted by molar-refractivity contribution is 0.180. The minimum absolute atomic E-state index is 0.296. The Bertz CT molecular complexity index is 651. The van der Waals surface area contributed by atoms with Gasteiger partial charge in [0.1, 0.15) is 18.2 Å². The van der Waals surface area contributed by atoms with Crippen LogP contribution in [0, 0.1) is 5.92 Å². The Hall–Kier alpha value is -1.59. The van der Waals surface area contributed by atoms with E-state index in [1.165, 1.54) is 0 Å². The molecule has 1 N–H and O–H groups in total. The van der Waals surface area contributed by atoms with Crippen molar-refractivity contribution < 1.29 is 9.84 Å². The van der Waals surface area contributed by atoms with Crippen molar-refractivity contribution in [3.63, 3.8) is 0 Å². The third-order valence-electron chi connectivity index (χ3n) is 4.63. The van der Waals surface area contributed by atoms with Crippen molar-refractivity contribution in [1.82, 2.24) is 14.8 Å². The highest BCUT2D eigenvalue weighted by Crippen LogP contribution is 2.34. The average Bonchev–Trinajstić information content (AvgIpc) is 2.94. The van der Waals surface area contributed by atoms with Gasteiger partial charge in [0.2, 0.25) is 0 Å². The molecule has 0 amide bonds. The summed E-state index contributed by atoms with van der Waals surface area (Å²) in [6, 6.07) is 7.34. The van der Waals surface area contributed by atoms with E-state index in [0.717, 1.165) is 43.1 Å². The number of nitrogens with zero attached hydrogens (tertiary/aromatic N) is 3. The molecular weight excluding hydrogens is 314 g/mol. The minimum atomic E-state index is 0.296. The highest BCUT2D eigenvalue weighted by molar-refractivity contribution is 6.30. The number of aromatic nitrogens is 3. The van der Waals surface area contributed by atoms with Crippen LogP contribution in [-0.4, -0.2) is 26.5 Å². The SMILES string of the molecule is Cn1c(COc2cccc(Cl)c2)nnc1C1CCC(CO)CC1. The molecule has 0 atom stereocenters. The molecule has 5 nitrogen and oxygen atoms in total. The Morgan fingerprint density at radius 2 is 2.04 bits per heavy atom. The van der Waals surface area contributed by atoms with E-state index in [1.54, 1.807) is 6.07 Å². The van der Waals surface area contributed by atoms with Gasteiger partial charge in [0.05, 0.1) is 0 Å².